The summed E-state index contributed by atoms with van der Waals surface area (Å²) in [6.07, 6.45) is 1.58. The molecule has 0 bridgehead atoms. The minimum Gasteiger partial charge on any atom is -0.336 e. The number of carbonyl (C=O) groups is 1. The van der Waals surface area contributed by atoms with Gasteiger partial charge in [-0.3, -0.25) is 9.59 Å². The highest BCUT2D eigenvalue weighted by molar-refractivity contribution is 5.97. The van der Waals surface area contributed by atoms with Crippen LogP contribution in [-0.2, 0) is 6.54 Å². The van der Waals surface area contributed by atoms with Gasteiger partial charge in [0.25, 0.3) is 11.5 Å². The van der Waals surface area contributed by atoms with Crippen molar-refractivity contribution in [2.75, 3.05) is 33.2 Å². The first-order valence-corrected chi connectivity index (χ1v) is 10.2. The van der Waals surface area contributed by atoms with E-state index in [1.54, 1.807) is 45.6 Å². The standard InChI is InChI=1S/C23H22FN5O2/c1-26-9-11-27(12-10-26)22(30)17-5-6-19-21(14-17)28(15-16-3-2-4-18(24)13-16)23(31)20-7-8-25-29(19)20/h2-8,13-14H,9-12,15H2,1H3. The molecule has 158 valence electrons. The lowest BCUT2D eigenvalue weighted by Gasteiger charge is -2.32. The molecule has 0 spiro atoms. The van der Waals surface area contributed by atoms with Crippen molar-refractivity contribution in [1.82, 2.24) is 24.0 Å². The summed E-state index contributed by atoms with van der Waals surface area (Å²) in [5.74, 6) is -0.411. The van der Waals surface area contributed by atoms with Crippen LogP contribution in [0.15, 0.2) is 59.5 Å². The Labute approximate surface area is 177 Å². The third kappa shape index (κ3) is 3.48. The fraction of sp³-hybridized carbons (Fsp3) is 0.261. The molecule has 31 heavy (non-hydrogen) atoms. The molecule has 0 aliphatic carbocycles. The summed E-state index contributed by atoms with van der Waals surface area (Å²) >= 11 is 0. The van der Waals surface area contributed by atoms with Gasteiger partial charge in [-0.15, -0.1) is 0 Å². The van der Waals surface area contributed by atoms with Crippen molar-refractivity contribution in [2.24, 2.45) is 0 Å². The topological polar surface area (TPSA) is 62.8 Å². The first-order chi connectivity index (χ1) is 15.0. The lowest BCUT2D eigenvalue weighted by atomic mass is 10.1. The average molecular weight is 419 g/mol. The Bertz CT molecular complexity index is 1350. The molecule has 5 rings (SSSR count). The third-order valence-corrected chi connectivity index (χ3v) is 5.87. The Hall–Kier alpha value is -3.52. The summed E-state index contributed by atoms with van der Waals surface area (Å²) in [5, 5.41) is 4.29. The van der Waals surface area contributed by atoms with E-state index in [1.807, 2.05) is 18.0 Å². The molecule has 1 fully saturated rings. The summed E-state index contributed by atoms with van der Waals surface area (Å²) in [5.41, 5.74) is 2.69. The first kappa shape index (κ1) is 19.4. The van der Waals surface area contributed by atoms with Gasteiger partial charge in [-0.25, -0.2) is 8.91 Å². The Kier molecular flexibility index (Phi) is 4.78. The monoisotopic (exact) mass is 419 g/mol. The molecule has 0 radical (unpaired) electrons. The lowest BCUT2D eigenvalue weighted by molar-refractivity contribution is 0.0664. The van der Waals surface area contributed by atoms with Crippen LogP contribution in [0.5, 0.6) is 0 Å². The van der Waals surface area contributed by atoms with Gasteiger partial charge in [-0.05, 0) is 49.0 Å². The highest BCUT2D eigenvalue weighted by atomic mass is 19.1. The minimum atomic E-state index is -0.355. The number of carbonyl (C=O) groups excluding carboxylic acids is 1. The first-order valence-electron chi connectivity index (χ1n) is 10.2. The van der Waals surface area contributed by atoms with Gasteiger partial charge in [0.05, 0.1) is 23.8 Å². The molecule has 1 aliphatic rings. The van der Waals surface area contributed by atoms with E-state index in [0.717, 1.165) is 13.1 Å². The van der Waals surface area contributed by atoms with E-state index >= 15 is 0 Å². The maximum Gasteiger partial charge on any atom is 0.277 e. The van der Waals surface area contributed by atoms with Crippen molar-refractivity contribution in [3.8, 4) is 0 Å². The Morgan fingerprint density at radius 3 is 2.58 bits per heavy atom. The minimum absolute atomic E-state index is 0.0553. The number of benzene rings is 2. The van der Waals surface area contributed by atoms with Gasteiger partial charge in [-0.1, -0.05) is 12.1 Å². The molecule has 1 saturated heterocycles. The van der Waals surface area contributed by atoms with Crippen LogP contribution in [0.3, 0.4) is 0 Å². The number of aromatic nitrogens is 3. The normalized spacial score (nSPS) is 15.1. The number of hydrogen-bond donors (Lipinski definition) is 0. The number of likely N-dealkylation sites (N-methyl/N-ethyl adjacent to an activating group) is 1. The molecule has 1 aliphatic heterocycles. The van der Waals surface area contributed by atoms with Crippen molar-refractivity contribution < 1.29 is 9.18 Å². The molecular formula is C23H22FN5O2. The maximum absolute atomic E-state index is 13.7. The number of hydrogen-bond acceptors (Lipinski definition) is 4. The van der Waals surface area contributed by atoms with Crippen molar-refractivity contribution in [3.05, 3.63) is 82.0 Å². The smallest absolute Gasteiger partial charge is 0.277 e. The number of piperazine rings is 1. The molecule has 4 aromatic rings. The molecule has 0 saturated carbocycles. The zero-order valence-corrected chi connectivity index (χ0v) is 17.2. The van der Waals surface area contributed by atoms with E-state index in [1.165, 1.54) is 12.1 Å². The van der Waals surface area contributed by atoms with Gasteiger partial charge in [0.15, 0.2) is 0 Å². The molecule has 7 nitrogen and oxygen atoms in total. The molecule has 2 aromatic carbocycles. The van der Waals surface area contributed by atoms with Crippen molar-refractivity contribution in [3.63, 3.8) is 0 Å². The van der Waals surface area contributed by atoms with Gasteiger partial charge < -0.3 is 14.4 Å². The molecule has 0 atom stereocenters. The highest BCUT2D eigenvalue weighted by Crippen LogP contribution is 2.19. The van der Waals surface area contributed by atoms with Crippen LogP contribution in [0.1, 0.15) is 15.9 Å². The molecule has 2 aromatic heterocycles. The van der Waals surface area contributed by atoms with Crippen molar-refractivity contribution in [1.29, 1.82) is 0 Å². The number of halogens is 1. The molecule has 0 N–H and O–H groups in total. The quantitative estimate of drug-likeness (QED) is 0.511. The second kappa shape index (κ2) is 7.63. The SMILES string of the molecule is CN1CCN(C(=O)c2ccc3c(c2)n(Cc2cccc(F)c2)c(=O)c2ccnn23)CC1. The summed E-state index contributed by atoms with van der Waals surface area (Å²) in [6, 6.07) is 13.2. The van der Waals surface area contributed by atoms with Crippen molar-refractivity contribution >= 4 is 22.5 Å². The Balaban J connectivity index is 1.64. The van der Waals surface area contributed by atoms with Crippen molar-refractivity contribution in [2.45, 2.75) is 6.54 Å². The van der Waals surface area contributed by atoms with Crippen LogP contribution < -0.4 is 5.56 Å². The number of fused-ring (bicyclic) bond motifs is 3. The number of rotatable bonds is 3. The van der Waals surface area contributed by atoms with E-state index in [-0.39, 0.29) is 23.8 Å². The predicted octanol–water partition coefficient (Wildman–Crippen LogP) is 2.22. The van der Waals surface area contributed by atoms with Crippen LogP contribution in [0, 0.1) is 5.82 Å². The third-order valence-electron chi connectivity index (χ3n) is 5.87. The van der Waals surface area contributed by atoms with E-state index in [0.29, 0.717) is 40.8 Å². The van der Waals surface area contributed by atoms with E-state index in [4.69, 9.17) is 0 Å². The Morgan fingerprint density at radius 2 is 1.81 bits per heavy atom. The van der Waals surface area contributed by atoms with E-state index in [9.17, 15) is 14.0 Å². The average Bonchev–Trinajstić information content (AvgIpc) is 3.27. The predicted molar refractivity (Wildman–Crippen MR) is 116 cm³/mol. The zero-order chi connectivity index (χ0) is 21.5. The molecule has 8 heteroatoms. The van der Waals surface area contributed by atoms with E-state index in [2.05, 4.69) is 10.00 Å². The zero-order valence-electron chi connectivity index (χ0n) is 17.2. The lowest BCUT2D eigenvalue weighted by Crippen LogP contribution is -2.47. The summed E-state index contributed by atoms with van der Waals surface area (Å²) in [7, 11) is 2.04. The molecule has 0 unspecified atom stereocenters. The summed E-state index contributed by atoms with van der Waals surface area (Å²) in [4.78, 5) is 30.4. The highest BCUT2D eigenvalue weighted by Gasteiger charge is 2.22. The second-order valence-electron chi connectivity index (χ2n) is 7.95. The van der Waals surface area contributed by atoms with Gasteiger partial charge in [0.1, 0.15) is 11.3 Å². The van der Waals surface area contributed by atoms with Crippen LogP contribution in [0.25, 0.3) is 16.6 Å². The van der Waals surface area contributed by atoms with Crippen LogP contribution in [-0.4, -0.2) is 63.1 Å². The number of nitrogens with zero attached hydrogens (tertiary/aromatic N) is 5. The summed E-state index contributed by atoms with van der Waals surface area (Å²) < 4.78 is 16.9. The molecular weight excluding hydrogens is 397 g/mol. The molecule has 3 heterocycles. The van der Waals surface area contributed by atoms with Gasteiger partial charge in [0, 0.05) is 31.7 Å². The van der Waals surface area contributed by atoms with Crippen LogP contribution >= 0.6 is 0 Å². The number of amides is 1. The van der Waals surface area contributed by atoms with Crippen LogP contribution in [0.4, 0.5) is 4.39 Å². The fourth-order valence-electron chi connectivity index (χ4n) is 4.12. The second-order valence-corrected chi connectivity index (χ2v) is 7.95. The maximum atomic E-state index is 13.7. The van der Waals surface area contributed by atoms with Gasteiger partial charge >= 0.3 is 0 Å². The van der Waals surface area contributed by atoms with Gasteiger partial charge in [-0.2, -0.15) is 5.10 Å². The van der Waals surface area contributed by atoms with Crippen LogP contribution in [0.2, 0.25) is 0 Å². The largest absolute Gasteiger partial charge is 0.336 e. The van der Waals surface area contributed by atoms with Gasteiger partial charge in [0.2, 0.25) is 0 Å². The molecule has 1 amide bonds. The summed E-state index contributed by atoms with van der Waals surface area (Å²) in [6.45, 7) is 3.19. The fourth-order valence-corrected chi connectivity index (χ4v) is 4.12. The van der Waals surface area contributed by atoms with E-state index < -0.39 is 0 Å². The Morgan fingerprint density at radius 1 is 1.00 bits per heavy atom.